The Hall–Kier alpha value is -0.610. The second-order valence-corrected chi connectivity index (χ2v) is 8.24. The molecule has 1 saturated heterocycles. The predicted octanol–water partition coefficient (Wildman–Crippen LogP) is 3.43. The Labute approximate surface area is 111 Å². The highest BCUT2D eigenvalue weighted by molar-refractivity contribution is 8.21. The van der Waals surface area contributed by atoms with Crippen LogP contribution in [0.1, 0.15) is 24.2 Å². The third-order valence-electron chi connectivity index (χ3n) is 2.48. The quantitative estimate of drug-likeness (QED) is 0.785. The van der Waals surface area contributed by atoms with Crippen LogP contribution >= 0.6 is 23.5 Å². The van der Waals surface area contributed by atoms with Crippen LogP contribution in [0.3, 0.4) is 0 Å². The minimum absolute atomic E-state index is 0.221. The van der Waals surface area contributed by atoms with Crippen molar-refractivity contribution in [3.05, 3.63) is 35.9 Å². The van der Waals surface area contributed by atoms with Gasteiger partial charge in [-0.1, -0.05) is 18.2 Å². The van der Waals surface area contributed by atoms with E-state index in [1.165, 1.54) is 0 Å². The van der Waals surface area contributed by atoms with Gasteiger partial charge in [0.2, 0.25) is 0 Å². The number of hydrogen-bond acceptors (Lipinski definition) is 4. The summed E-state index contributed by atoms with van der Waals surface area (Å²) in [5.41, 5.74) is 0.627. The fourth-order valence-corrected chi connectivity index (χ4v) is 4.65. The molecule has 17 heavy (non-hydrogen) atoms. The number of carbonyl (C=O) groups excluding carboxylic acids is 1. The van der Waals surface area contributed by atoms with Crippen LogP contribution in [0.2, 0.25) is 0 Å². The van der Waals surface area contributed by atoms with Crippen molar-refractivity contribution in [1.82, 2.24) is 0 Å². The van der Waals surface area contributed by atoms with E-state index in [1.54, 1.807) is 12.1 Å². The fourth-order valence-electron chi connectivity index (χ4n) is 1.67. The minimum atomic E-state index is -0.221. The van der Waals surface area contributed by atoms with Gasteiger partial charge in [0.25, 0.3) is 0 Å². The van der Waals surface area contributed by atoms with Gasteiger partial charge in [0.05, 0.1) is 9.64 Å². The van der Waals surface area contributed by atoms with E-state index in [0.717, 1.165) is 5.75 Å². The minimum Gasteiger partial charge on any atom is -0.461 e. The molecule has 92 valence electrons. The topological polar surface area (TPSA) is 26.3 Å². The maximum absolute atomic E-state index is 11.7. The standard InChI is InChI=1S/C13H16O2S2/c1-13(2)16-9-11(17-13)8-15-12(14)10-6-4-3-5-7-10/h3-7,11H,8-9H2,1-2H3/t11-/m1/s1. The Morgan fingerprint density at radius 3 is 2.71 bits per heavy atom. The summed E-state index contributed by atoms with van der Waals surface area (Å²) in [6.45, 7) is 4.93. The smallest absolute Gasteiger partial charge is 0.338 e. The molecule has 0 aliphatic carbocycles. The summed E-state index contributed by atoms with van der Waals surface area (Å²) in [6.07, 6.45) is 0. The molecule has 4 heteroatoms. The summed E-state index contributed by atoms with van der Waals surface area (Å²) < 4.78 is 5.59. The van der Waals surface area contributed by atoms with Gasteiger partial charge in [-0.05, 0) is 26.0 Å². The van der Waals surface area contributed by atoms with Crippen LogP contribution in [0.25, 0.3) is 0 Å². The van der Waals surface area contributed by atoms with Crippen LogP contribution < -0.4 is 0 Å². The van der Waals surface area contributed by atoms with E-state index in [9.17, 15) is 4.79 Å². The van der Waals surface area contributed by atoms with Crippen molar-refractivity contribution in [3.8, 4) is 0 Å². The van der Waals surface area contributed by atoms with Crippen LogP contribution in [0, 0.1) is 0 Å². The molecule has 0 unspecified atom stereocenters. The first-order valence-corrected chi connectivity index (χ1v) is 7.47. The highest BCUT2D eigenvalue weighted by atomic mass is 32.2. The molecule has 1 aliphatic heterocycles. The van der Waals surface area contributed by atoms with Crippen molar-refractivity contribution in [2.45, 2.75) is 23.2 Å². The molecule has 1 atom stereocenters. The zero-order valence-corrected chi connectivity index (χ0v) is 11.6. The Morgan fingerprint density at radius 1 is 1.41 bits per heavy atom. The molecule has 0 saturated carbocycles. The molecule has 2 nitrogen and oxygen atoms in total. The first-order valence-electron chi connectivity index (χ1n) is 5.61. The molecule has 1 aromatic rings. The maximum Gasteiger partial charge on any atom is 0.338 e. The molecule has 0 bridgehead atoms. The number of hydrogen-bond donors (Lipinski definition) is 0. The molecule has 1 aliphatic rings. The summed E-state index contributed by atoms with van der Waals surface area (Å²) in [5, 5.41) is 0.419. The number of ether oxygens (including phenoxy) is 1. The lowest BCUT2D eigenvalue weighted by Crippen LogP contribution is -2.16. The molecule has 0 aromatic heterocycles. The molecule has 1 fully saturated rings. The molecule has 0 spiro atoms. The normalized spacial score (nSPS) is 22.4. The number of rotatable bonds is 3. The highest BCUT2D eigenvalue weighted by Crippen LogP contribution is 2.47. The number of benzene rings is 1. The van der Waals surface area contributed by atoms with Crippen molar-refractivity contribution in [3.63, 3.8) is 0 Å². The Bertz CT molecular complexity index is 390. The molecule has 0 amide bonds. The molecular formula is C13H16O2S2. The van der Waals surface area contributed by atoms with E-state index in [4.69, 9.17) is 4.74 Å². The van der Waals surface area contributed by atoms with Gasteiger partial charge in [-0.3, -0.25) is 0 Å². The third kappa shape index (κ3) is 3.68. The fraction of sp³-hybridized carbons (Fsp3) is 0.462. The number of esters is 1. The van der Waals surface area contributed by atoms with E-state index < -0.39 is 0 Å². The first kappa shape index (κ1) is 12.8. The zero-order chi connectivity index (χ0) is 12.3. The molecule has 0 N–H and O–H groups in total. The number of carbonyl (C=O) groups is 1. The van der Waals surface area contributed by atoms with E-state index in [-0.39, 0.29) is 10.0 Å². The number of thioether (sulfide) groups is 2. The van der Waals surface area contributed by atoms with E-state index in [1.807, 2.05) is 41.7 Å². The van der Waals surface area contributed by atoms with Gasteiger partial charge in [-0.2, -0.15) is 0 Å². The summed E-state index contributed by atoms with van der Waals surface area (Å²) in [7, 11) is 0. The molecule has 0 radical (unpaired) electrons. The Kier molecular flexibility index (Phi) is 4.05. The van der Waals surface area contributed by atoms with Crippen molar-refractivity contribution >= 4 is 29.5 Å². The van der Waals surface area contributed by atoms with Gasteiger partial charge >= 0.3 is 5.97 Å². The van der Waals surface area contributed by atoms with Crippen LogP contribution in [0.4, 0.5) is 0 Å². The second kappa shape index (κ2) is 5.36. The summed E-state index contributed by atoms with van der Waals surface area (Å²) in [5.74, 6) is 0.834. The summed E-state index contributed by atoms with van der Waals surface area (Å²) >= 11 is 3.82. The Balaban J connectivity index is 1.82. The lowest BCUT2D eigenvalue weighted by atomic mass is 10.2. The third-order valence-corrected chi connectivity index (χ3v) is 5.80. The average molecular weight is 268 g/mol. The SMILES string of the molecule is CC1(C)SC[C@@H](COC(=O)c2ccccc2)S1. The highest BCUT2D eigenvalue weighted by Gasteiger charge is 2.33. The van der Waals surface area contributed by atoms with Crippen molar-refractivity contribution < 1.29 is 9.53 Å². The van der Waals surface area contributed by atoms with E-state index in [0.29, 0.717) is 17.4 Å². The molecule has 2 rings (SSSR count). The molecule has 1 aromatic carbocycles. The molecular weight excluding hydrogens is 252 g/mol. The van der Waals surface area contributed by atoms with Gasteiger partial charge in [-0.15, -0.1) is 23.5 Å². The predicted molar refractivity (Wildman–Crippen MR) is 74.6 cm³/mol. The van der Waals surface area contributed by atoms with Crippen LogP contribution in [-0.4, -0.2) is 27.7 Å². The lowest BCUT2D eigenvalue weighted by molar-refractivity contribution is 0.0511. The average Bonchev–Trinajstić information content (AvgIpc) is 2.67. The Morgan fingerprint density at radius 2 is 2.12 bits per heavy atom. The van der Waals surface area contributed by atoms with Gasteiger partial charge in [0.1, 0.15) is 6.61 Å². The monoisotopic (exact) mass is 268 g/mol. The van der Waals surface area contributed by atoms with Crippen molar-refractivity contribution in [1.29, 1.82) is 0 Å². The van der Waals surface area contributed by atoms with Crippen LogP contribution in [-0.2, 0) is 4.74 Å². The van der Waals surface area contributed by atoms with E-state index >= 15 is 0 Å². The molecule has 1 heterocycles. The van der Waals surface area contributed by atoms with E-state index in [2.05, 4.69) is 13.8 Å². The largest absolute Gasteiger partial charge is 0.461 e. The first-order chi connectivity index (χ1) is 8.07. The zero-order valence-electron chi connectivity index (χ0n) is 10.0. The second-order valence-electron chi connectivity index (χ2n) is 4.42. The van der Waals surface area contributed by atoms with Crippen LogP contribution in [0.15, 0.2) is 30.3 Å². The van der Waals surface area contributed by atoms with Crippen LogP contribution in [0.5, 0.6) is 0 Å². The van der Waals surface area contributed by atoms with Crippen molar-refractivity contribution in [2.24, 2.45) is 0 Å². The van der Waals surface area contributed by atoms with Crippen molar-refractivity contribution in [2.75, 3.05) is 12.4 Å². The van der Waals surface area contributed by atoms with Gasteiger partial charge < -0.3 is 4.74 Å². The summed E-state index contributed by atoms with van der Waals surface area (Å²) in [6, 6.07) is 9.15. The lowest BCUT2D eigenvalue weighted by Gasteiger charge is -2.15. The maximum atomic E-state index is 11.7. The summed E-state index contributed by atoms with van der Waals surface area (Å²) in [4.78, 5) is 11.7. The van der Waals surface area contributed by atoms with Gasteiger partial charge in [0.15, 0.2) is 0 Å². The van der Waals surface area contributed by atoms with Gasteiger partial charge in [-0.25, -0.2) is 4.79 Å². The van der Waals surface area contributed by atoms with Gasteiger partial charge in [0, 0.05) is 11.0 Å².